The van der Waals surface area contributed by atoms with E-state index < -0.39 is 0 Å². The van der Waals surface area contributed by atoms with E-state index in [1.807, 2.05) is 37.2 Å². The third kappa shape index (κ3) is 6.86. The van der Waals surface area contributed by atoms with Crippen LogP contribution in [0.5, 0.6) is 5.75 Å². The van der Waals surface area contributed by atoms with Crippen LogP contribution in [-0.4, -0.2) is 48.5 Å². The number of fused-ring (bicyclic) bond motifs is 1. The number of methoxy groups -OCH3 is 1. The molecule has 0 aliphatic carbocycles. The highest BCUT2D eigenvalue weighted by Gasteiger charge is 2.11. The normalized spacial score (nSPS) is 11.3. The molecule has 0 fully saturated rings. The fraction of sp³-hybridized carbons (Fsp3) is 0.233. The number of ether oxygens (including phenoxy) is 1. The number of carbonyl (C=O) groups is 1. The van der Waals surface area contributed by atoms with Gasteiger partial charge in [-0.15, -0.1) is 0 Å². The van der Waals surface area contributed by atoms with E-state index in [1.165, 1.54) is 22.4 Å². The van der Waals surface area contributed by atoms with Crippen molar-refractivity contribution in [2.75, 3.05) is 43.7 Å². The number of nitrogens with one attached hydrogen (secondary N) is 3. The molecule has 0 atom stereocenters. The van der Waals surface area contributed by atoms with Gasteiger partial charge in [-0.25, -0.2) is 4.98 Å². The van der Waals surface area contributed by atoms with Crippen LogP contribution in [0.4, 0.5) is 28.8 Å². The number of carbonyl (C=O) groups excluding carboxylic acids is 1. The van der Waals surface area contributed by atoms with E-state index in [9.17, 15) is 4.79 Å². The lowest BCUT2D eigenvalue weighted by Crippen LogP contribution is -2.13. The van der Waals surface area contributed by atoms with Gasteiger partial charge in [0.25, 0.3) is 0 Å². The molecule has 1 heterocycles. The van der Waals surface area contributed by atoms with E-state index in [0.717, 1.165) is 5.69 Å². The first-order valence-electron chi connectivity index (χ1n) is 12.5. The molecule has 38 heavy (non-hydrogen) atoms. The predicted octanol–water partition coefficient (Wildman–Crippen LogP) is 6.31. The number of anilines is 5. The molecular weight excluding hydrogens is 476 g/mol. The number of likely N-dealkylation sites (N-methyl/N-ethyl adjacent to an activating group) is 1. The van der Waals surface area contributed by atoms with Gasteiger partial charge in [0, 0.05) is 30.2 Å². The van der Waals surface area contributed by atoms with Gasteiger partial charge in [-0.3, -0.25) is 4.79 Å². The van der Waals surface area contributed by atoms with Gasteiger partial charge in [0.1, 0.15) is 11.6 Å². The number of hydrogen-bond donors (Lipinski definition) is 3. The maximum absolute atomic E-state index is 12.3. The smallest absolute Gasteiger partial charge is 0.248 e. The van der Waals surface area contributed by atoms with Crippen molar-refractivity contribution in [3.8, 4) is 5.75 Å². The lowest BCUT2D eigenvalue weighted by Gasteiger charge is -2.15. The molecule has 8 nitrogen and oxygen atoms in total. The summed E-state index contributed by atoms with van der Waals surface area (Å²) in [4.78, 5) is 23.3. The first-order valence-corrected chi connectivity index (χ1v) is 12.5. The van der Waals surface area contributed by atoms with Gasteiger partial charge < -0.3 is 25.6 Å². The standard InChI is InChI=1S/C30H34N6O2/c1-20(2)25-18-23(17-21-9-6-7-10-24(21)25)32-28-14-15-31-30(35-28)34-26-19-22(12-13-27(26)38-5)33-29(37)11-8-16-36(3)4/h6-15,17-20H,16H2,1-5H3,(H,33,37)(H2,31,32,34,35)/b11-8+. The van der Waals surface area contributed by atoms with Gasteiger partial charge in [-0.05, 0) is 72.7 Å². The van der Waals surface area contributed by atoms with Crippen molar-refractivity contribution in [2.24, 2.45) is 0 Å². The van der Waals surface area contributed by atoms with Crippen LogP contribution in [-0.2, 0) is 4.79 Å². The second kappa shape index (κ2) is 12.2. The van der Waals surface area contributed by atoms with Crippen LogP contribution in [0.1, 0.15) is 25.3 Å². The lowest BCUT2D eigenvalue weighted by atomic mass is 9.95. The molecule has 0 spiro atoms. The summed E-state index contributed by atoms with van der Waals surface area (Å²) >= 11 is 0. The molecule has 1 aromatic heterocycles. The predicted molar refractivity (Wildman–Crippen MR) is 156 cm³/mol. The number of hydrogen-bond acceptors (Lipinski definition) is 7. The zero-order valence-corrected chi connectivity index (χ0v) is 22.4. The monoisotopic (exact) mass is 510 g/mol. The molecule has 0 aliphatic heterocycles. The molecule has 3 aromatic carbocycles. The van der Waals surface area contributed by atoms with Crippen molar-refractivity contribution < 1.29 is 9.53 Å². The summed E-state index contributed by atoms with van der Waals surface area (Å²) in [6.07, 6.45) is 5.02. The van der Waals surface area contributed by atoms with Crippen molar-refractivity contribution in [3.63, 3.8) is 0 Å². The zero-order chi connectivity index (χ0) is 27.1. The van der Waals surface area contributed by atoms with Gasteiger partial charge in [-0.1, -0.05) is 44.2 Å². The summed E-state index contributed by atoms with van der Waals surface area (Å²) in [5.41, 5.74) is 3.49. The number of nitrogens with zero attached hydrogens (tertiary/aromatic N) is 3. The summed E-state index contributed by atoms with van der Waals surface area (Å²) < 4.78 is 5.51. The Morgan fingerprint density at radius 3 is 2.61 bits per heavy atom. The van der Waals surface area contributed by atoms with Gasteiger partial charge in [0.2, 0.25) is 11.9 Å². The van der Waals surface area contributed by atoms with Crippen LogP contribution in [0.25, 0.3) is 10.8 Å². The van der Waals surface area contributed by atoms with E-state index in [1.54, 1.807) is 31.5 Å². The van der Waals surface area contributed by atoms with Crippen LogP contribution in [0, 0.1) is 0 Å². The number of benzene rings is 3. The molecular formula is C30H34N6O2. The fourth-order valence-corrected chi connectivity index (χ4v) is 4.08. The van der Waals surface area contributed by atoms with E-state index in [-0.39, 0.29) is 5.91 Å². The Kier molecular flexibility index (Phi) is 8.55. The molecule has 0 saturated carbocycles. The highest BCUT2D eigenvalue weighted by atomic mass is 16.5. The quantitative estimate of drug-likeness (QED) is 0.216. The molecule has 196 valence electrons. The summed E-state index contributed by atoms with van der Waals surface area (Å²) in [7, 11) is 5.48. The van der Waals surface area contributed by atoms with Crippen molar-refractivity contribution in [1.82, 2.24) is 14.9 Å². The Bertz CT molecular complexity index is 1450. The Hall–Kier alpha value is -4.43. The third-order valence-electron chi connectivity index (χ3n) is 5.90. The second-order valence-corrected chi connectivity index (χ2v) is 9.53. The molecule has 0 radical (unpaired) electrons. The zero-order valence-electron chi connectivity index (χ0n) is 22.4. The summed E-state index contributed by atoms with van der Waals surface area (Å²) in [6.45, 7) is 5.08. The van der Waals surface area contributed by atoms with Crippen LogP contribution in [0.3, 0.4) is 0 Å². The Labute approximate surface area is 223 Å². The minimum absolute atomic E-state index is 0.207. The SMILES string of the molecule is COc1ccc(NC(=O)/C=C/CN(C)C)cc1Nc1nccc(Nc2cc(C(C)C)c3ccccc3c2)n1. The van der Waals surface area contributed by atoms with Gasteiger partial charge in [-0.2, -0.15) is 4.98 Å². The van der Waals surface area contributed by atoms with Crippen molar-refractivity contribution in [3.05, 3.63) is 84.6 Å². The Morgan fingerprint density at radius 1 is 1.03 bits per heavy atom. The van der Waals surface area contributed by atoms with E-state index in [2.05, 4.69) is 70.1 Å². The molecule has 3 N–H and O–H groups in total. The summed E-state index contributed by atoms with van der Waals surface area (Å²) in [6, 6.07) is 19.9. The summed E-state index contributed by atoms with van der Waals surface area (Å²) in [5.74, 6) is 1.83. The van der Waals surface area contributed by atoms with Crippen LogP contribution >= 0.6 is 0 Å². The molecule has 4 rings (SSSR count). The molecule has 0 unspecified atom stereocenters. The van der Waals surface area contributed by atoms with Crippen LogP contribution in [0.2, 0.25) is 0 Å². The minimum Gasteiger partial charge on any atom is -0.495 e. The maximum atomic E-state index is 12.3. The van der Waals surface area contributed by atoms with Crippen LogP contribution in [0.15, 0.2) is 79.0 Å². The highest BCUT2D eigenvalue weighted by molar-refractivity contribution is 5.99. The fourth-order valence-electron chi connectivity index (χ4n) is 4.08. The lowest BCUT2D eigenvalue weighted by molar-refractivity contribution is -0.111. The van der Waals surface area contributed by atoms with Gasteiger partial charge >= 0.3 is 0 Å². The van der Waals surface area contributed by atoms with E-state index in [0.29, 0.717) is 41.4 Å². The third-order valence-corrected chi connectivity index (χ3v) is 5.90. The second-order valence-electron chi connectivity index (χ2n) is 9.53. The maximum Gasteiger partial charge on any atom is 0.248 e. The van der Waals surface area contributed by atoms with E-state index in [4.69, 9.17) is 4.74 Å². The number of aromatic nitrogens is 2. The van der Waals surface area contributed by atoms with Gasteiger partial charge in [0.15, 0.2) is 0 Å². The molecule has 4 aromatic rings. The van der Waals surface area contributed by atoms with Crippen molar-refractivity contribution >= 4 is 45.5 Å². The molecule has 8 heteroatoms. The molecule has 1 amide bonds. The molecule has 0 bridgehead atoms. The van der Waals surface area contributed by atoms with E-state index >= 15 is 0 Å². The minimum atomic E-state index is -0.207. The Morgan fingerprint density at radius 2 is 1.84 bits per heavy atom. The first-order chi connectivity index (χ1) is 18.3. The summed E-state index contributed by atoms with van der Waals surface area (Å²) in [5, 5.41) is 11.9. The van der Waals surface area contributed by atoms with Gasteiger partial charge in [0.05, 0.1) is 12.8 Å². The molecule has 0 saturated heterocycles. The average Bonchev–Trinajstić information content (AvgIpc) is 2.88. The highest BCUT2D eigenvalue weighted by Crippen LogP contribution is 2.32. The Balaban J connectivity index is 1.53. The number of amides is 1. The first kappa shape index (κ1) is 26.6. The number of rotatable bonds is 10. The average molecular weight is 511 g/mol. The molecule has 0 aliphatic rings. The van der Waals surface area contributed by atoms with Crippen molar-refractivity contribution in [2.45, 2.75) is 19.8 Å². The largest absolute Gasteiger partial charge is 0.495 e. The van der Waals surface area contributed by atoms with Crippen LogP contribution < -0.4 is 20.7 Å². The topological polar surface area (TPSA) is 91.4 Å². The van der Waals surface area contributed by atoms with Crippen molar-refractivity contribution in [1.29, 1.82) is 0 Å².